The molecule has 0 aliphatic carbocycles. The standard InChI is InChI=1S/C29H30F3N7O3/c1-3-23(40)38-12-5-6-18(16-38)27-37-24(25-26(33)35-11-13-39(25)27)20-8-7-17(14-21(20)42-4-2)28(41)36-22-15-19(9-10-34-22)29(30,31)32/h7-11,13-15,18H,3-6,12,16H2,1-2H3,(H2,33,35)(H,34,36,41). The van der Waals surface area contributed by atoms with Gasteiger partial charge in [0.1, 0.15) is 34.4 Å². The Labute approximate surface area is 239 Å². The Kier molecular flexibility index (Phi) is 8.01. The molecule has 3 aromatic heterocycles. The van der Waals surface area contributed by atoms with Crippen LogP contribution in [0.4, 0.5) is 24.8 Å². The molecule has 1 saturated heterocycles. The number of imidazole rings is 1. The fraction of sp³-hybridized carbons (Fsp3) is 0.345. The number of amides is 2. The molecule has 1 atom stereocenters. The third kappa shape index (κ3) is 5.71. The SMILES string of the molecule is CCOc1cc(C(=O)Nc2cc(C(F)(F)F)ccn2)ccc1-c1nc(C2CCCN(C(=O)CC)C2)n2ccnc(N)c12. The van der Waals surface area contributed by atoms with E-state index in [1.807, 2.05) is 16.2 Å². The predicted octanol–water partition coefficient (Wildman–Crippen LogP) is 5.16. The van der Waals surface area contributed by atoms with Crippen molar-refractivity contribution in [1.29, 1.82) is 0 Å². The average molecular weight is 582 g/mol. The first-order valence-electron chi connectivity index (χ1n) is 13.6. The number of hydrogen-bond donors (Lipinski definition) is 2. The van der Waals surface area contributed by atoms with Gasteiger partial charge < -0.3 is 20.7 Å². The maximum atomic E-state index is 13.1. The number of halogens is 3. The van der Waals surface area contributed by atoms with E-state index in [-0.39, 0.29) is 35.6 Å². The van der Waals surface area contributed by atoms with Crippen LogP contribution in [0.15, 0.2) is 48.9 Å². The van der Waals surface area contributed by atoms with E-state index in [0.717, 1.165) is 37.0 Å². The first-order valence-corrected chi connectivity index (χ1v) is 13.6. The molecule has 4 aromatic rings. The summed E-state index contributed by atoms with van der Waals surface area (Å²) in [6.07, 6.45) is 1.90. The zero-order valence-electron chi connectivity index (χ0n) is 23.1. The Balaban J connectivity index is 1.52. The summed E-state index contributed by atoms with van der Waals surface area (Å²) in [6.45, 7) is 5.15. The van der Waals surface area contributed by atoms with Crippen molar-refractivity contribution < 1.29 is 27.5 Å². The average Bonchev–Trinajstić information content (AvgIpc) is 3.37. The van der Waals surface area contributed by atoms with Gasteiger partial charge in [0.15, 0.2) is 0 Å². The Morgan fingerprint density at radius 3 is 2.69 bits per heavy atom. The summed E-state index contributed by atoms with van der Waals surface area (Å²) >= 11 is 0. The molecule has 10 nitrogen and oxygen atoms in total. The highest BCUT2D eigenvalue weighted by Gasteiger charge is 2.31. The number of rotatable bonds is 7. The molecule has 0 bridgehead atoms. The molecule has 2 amide bonds. The number of anilines is 2. The molecule has 1 aliphatic heterocycles. The van der Waals surface area contributed by atoms with Crippen molar-refractivity contribution in [1.82, 2.24) is 24.3 Å². The fourth-order valence-corrected chi connectivity index (χ4v) is 5.20. The third-order valence-corrected chi connectivity index (χ3v) is 7.18. The van der Waals surface area contributed by atoms with Crippen LogP contribution in [0.25, 0.3) is 16.8 Å². The molecule has 5 rings (SSSR count). The molecule has 220 valence electrons. The van der Waals surface area contributed by atoms with Gasteiger partial charge in [-0.25, -0.2) is 15.0 Å². The van der Waals surface area contributed by atoms with Gasteiger partial charge in [0, 0.05) is 55.1 Å². The molecule has 42 heavy (non-hydrogen) atoms. The number of pyridine rings is 1. The van der Waals surface area contributed by atoms with Crippen molar-refractivity contribution in [3.63, 3.8) is 0 Å². The molecule has 4 heterocycles. The van der Waals surface area contributed by atoms with E-state index in [1.165, 1.54) is 12.1 Å². The van der Waals surface area contributed by atoms with Crippen LogP contribution in [0.2, 0.25) is 0 Å². The van der Waals surface area contributed by atoms with Crippen LogP contribution in [0.5, 0.6) is 5.75 Å². The zero-order valence-corrected chi connectivity index (χ0v) is 23.1. The lowest BCUT2D eigenvalue weighted by Gasteiger charge is -2.32. The summed E-state index contributed by atoms with van der Waals surface area (Å²) < 4.78 is 47.1. The smallest absolute Gasteiger partial charge is 0.416 e. The van der Waals surface area contributed by atoms with Gasteiger partial charge in [0.05, 0.1) is 12.2 Å². The van der Waals surface area contributed by atoms with Crippen molar-refractivity contribution in [2.75, 3.05) is 30.7 Å². The lowest BCUT2D eigenvalue weighted by Crippen LogP contribution is -2.39. The number of alkyl halides is 3. The van der Waals surface area contributed by atoms with Crippen molar-refractivity contribution in [2.24, 2.45) is 0 Å². The van der Waals surface area contributed by atoms with Gasteiger partial charge >= 0.3 is 6.18 Å². The molecule has 13 heteroatoms. The topological polar surface area (TPSA) is 128 Å². The van der Waals surface area contributed by atoms with Crippen LogP contribution in [0.3, 0.4) is 0 Å². The van der Waals surface area contributed by atoms with Crippen molar-refractivity contribution in [3.8, 4) is 17.0 Å². The number of nitrogens with zero attached hydrogens (tertiary/aromatic N) is 5. The number of benzene rings is 1. The maximum absolute atomic E-state index is 13.1. The van der Waals surface area contributed by atoms with Gasteiger partial charge in [-0.15, -0.1) is 0 Å². The summed E-state index contributed by atoms with van der Waals surface area (Å²) in [5.41, 5.74) is 7.20. The number of nitrogens with one attached hydrogen (secondary N) is 1. The Hall–Kier alpha value is -4.68. The van der Waals surface area contributed by atoms with Crippen LogP contribution in [0, 0.1) is 0 Å². The Morgan fingerprint density at radius 2 is 1.95 bits per heavy atom. The van der Waals surface area contributed by atoms with E-state index in [1.54, 1.807) is 25.4 Å². The number of nitrogens with two attached hydrogens (primary N) is 1. The predicted molar refractivity (Wildman–Crippen MR) is 150 cm³/mol. The molecule has 1 fully saturated rings. The van der Waals surface area contributed by atoms with E-state index in [9.17, 15) is 22.8 Å². The number of likely N-dealkylation sites (tertiary alicyclic amines) is 1. The Bertz CT molecular complexity index is 1640. The first-order chi connectivity index (χ1) is 20.1. The number of carbonyl (C=O) groups excluding carboxylic acids is 2. The largest absolute Gasteiger partial charge is 0.493 e. The highest BCUT2D eigenvalue weighted by atomic mass is 19.4. The second kappa shape index (κ2) is 11.7. The van der Waals surface area contributed by atoms with Gasteiger partial charge in [-0.05, 0) is 50.1 Å². The lowest BCUT2D eigenvalue weighted by molar-refractivity contribution is -0.137. The van der Waals surface area contributed by atoms with Crippen molar-refractivity contribution >= 4 is 29.0 Å². The number of aromatic nitrogens is 4. The van der Waals surface area contributed by atoms with Crippen LogP contribution in [-0.2, 0) is 11.0 Å². The molecule has 3 N–H and O–H groups in total. The minimum Gasteiger partial charge on any atom is -0.493 e. The van der Waals surface area contributed by atoms with Crippen molar-refractivity contribution in [3.05, 3.63) is 65.9 Å². The molecule has 0 saturated carbocycles. The summed E-state index contributed by atoms with van der Waals surface area (Å²) in [5.74, 6) is 0.499. The third-order valence-electron chi connectivity index (χ3n) is 7.18. The summed E-state index contributed by atoms with van der Waals surface area (Å²) in [7, 11) is 0. The van der Waals surface area contributed by atoms with E-state index in [2.05, 4.69) is 15.3 Å². The molecule has 1 unspecified atom stereocenters. The quantitative estimate of drug-likeness (QED) is 0.309. The van der Waals surface area contributed by atoms with Gasteiger partial charge in [-0.2, -0.15) is 13.2 Å². The normalized spacial score (nSPS) is 15.5. The molecule has 1 aliphatic rings. The second-order valence-electron chi connectivity index (χ2n) is 9.91. The second-order valence-corrected chi connectivity index (χ2v) is 9.91. The van der Waals surface area contributed by atoms with Gasteiger partial charge in [0.2, 0.25) is 5.91 Å². The minimum absolute atomic E-state index is 0.0298. The Morgan fingerprint density at radius 1 is 1.14 bits per heavy atom. The highest BCUT2D eigenvalue weighted by Crippen LogP contribution is 2.38. The highest BCUT2D eigenvalue weighted by molar-refractivity contribution is 6.04. The van der Waals surface area contributed by atoms with E-state index >= 15 is 0 Å². The number of piperidine rings is 1. The molecular weight excluding hydrogens is 551 g/mol. The van der Waals surface area contributed by atoms with E-state index in [0.29, 0.717) is 42.0 Å². The number of fused-ring (bicyclic) bond motifs is 1. The summed E-state index contributed by atoms with van der Waals surface area (Å²) in [5, 5.41) is 2.42. The molecular formula is C29H30F3N7O3. The molecule has 0 radical (unpaired) electrons. The molecule has 1 aromatic carbocycles. The van der Waals surface area contributed by atoms with E-state index < -0.39 is 17.6 Å². The van der Waals surface area contributed by atoms with Crippen LogP contribution >= 0.6 is 0 Å². The lowest BCUT2D eigenvalue weighted by atomic mass is 9.97. The number of ether oxygens (including phenoxy) is 1. The van der Waals surface area contributed by atoms with Crippen LogP contribution < -0.4 is 15.8 Å². The number of nitrogen functional groups attached to an aromatic ring is 1. The summed E-state index contributed by atoms with van der Waals surface area (Å²) in [4.78, 5) is 40.4. The monoisotopic (exact) mass is 581 g/mol. The minimum atomic E-state index is -4.57. The zero-order chi connectivity index (χ0) is 30.0. The van der Waals surface area contributed by atoms with Gasteiger partial charge in [-0.1, -0.05) is 6.92 Å². The van der Waals surface area contributed by atoms with Crippen LogP contribution in [0.1, 0.15) is 60.8 Å². The fourth-order valence-electron chi connectivity index (χ4n) is 5.20. The maximum Gasteiger partial charge on any atom is 0.416 e. The number of carbonyl (C=O) groups is 2. The summed E-state index contributed by atoms with van der Waals surface area (Å²) in [6, 6.07) is 6.28. The first kappa shape index (κ1) is 28.8. The van der Waals surface area contributed by atoms with E-state index in [4.69, 9.17) is 15.5 Å². The van der Waals surface area contributed by atoms with Gasteiger partial charge in [-0.3, -0.25) is 14.0 Å². The molecule has 0 spiro atoms. The van der Waals surface area contributed by atoms with Gasteiger partial charge in [0.25, 0.3) is 5.91 Å². The van der Waals surface area contributed by atoms with Crippen molar-refractivity contribution in [2.45, 2.75) is 45.2 Å². The van der Waals surface area contributed by atoms with Crippen LogP contribution in [-0.4, -0.2) is 55.8 Å². The number of hydrogen-bond acceptors (Lipinski definition) is 7.